The van der Waals surface area contributed by atoms with Crippen LogP contribution in [0.15, 0.2) is 28.7 Å². The fourth-order valence-corrected chi connectivity index (χ4v) is 3.83. The largest absolute Gasteiger partial charge is 0.522 e. The van der Waals surface area contributed by atoms with Crippen LogP contribution in [0.4, 0.5) is 10.5 Å². The molecule has 1 aromatic rings. The maximum atomic E-state index is 13.4. The van der Waals surface area contributed by atoms with Gasteiger partial charge in [-0.15, -0.1) is 0 Å². The summed E-state index contributed by atoms with van der Waals surface area (Å²) in [6.45, 7) is 9.38. The third-order valence-corrected chi connectivity index (χ3v) is 5.36. The van der Waals surface area contributed by atoms with Crippen molar-refractivity contribution < 1.29 is 23.9 Å². The Labute approximate surface area is 180 Å². The SMILES string of the molecule is CCOC(=O)C(C)NC(=O)C1CCC[N+]1(C(=O)OC(C)(C)C)c1ccc(Br)cc1. The van der Waals surface area contributed by atoms with Crippen LogP contribution >= 0.6 is 15.9 Å². The van der Waals surface area contributed by atoms with Crippen molar-refractivity contribution in [2.75, 3.05) is 13.2 Å². The second kappa shape index (κ2) is 9.26. The van der Waals surface area contributed by atoms with E-state index in [0.29, 0.717) is 25.1 Å². The molecule has 2 amide bonds. The lowest BCUT2D eigenvalue weighted by atomic mass is 10.1. The molecule has 2 rings (SSSR count). The number of halogens is 1. The molecule has 1 fully saturated rings. The smallest absolute Gasteiger partial charge is 0.464 e. The van der Waals surface area contributed by atoms with Crippen LogP contribution in [0.5, 0.6) is 0 Å². The predicted molar refractivity (Wildman–Crippen MR) is 114 cm³/mol. The standard InChI is InChI=1S/C21H29BrN2O5/c1-6-28-19(26)14(2)23-18(25)17-8-7-13-24(17,20(27)29-21(3,4)5)16-11-9-15(22)10-12-16/h9-12,14,17H,6-8,13H2,1-5H3/p+1. The molecule has 0 bridgehead atoms. The number of nitrogens with one attached hydrogen (secondary N) is 1. The van der Waals surface area contributed by atoms with Gasteiger partial charge in [-0.05, 0) is 46.8 Å². The van der Waals surface area contributed by atoms with Crippen molar-refractivity contribution in [3.05, 3.63) is 28.7 Å². The zero-order valence-electron chi connectivity index (χ0n) is 17.7. The number of benzene rings is 1. The van der Waals surface area contributed by atoms with Gasteiger partial charge in [-0.2, -0.15) is 9.28 Å². The molecule has 1 saturated heterocycles. The number of likely N-dealkylation sites (tertiary alicyclic amines) is 1. The van der Waals surface area contributed by atoms with E-state index >= 15 is 0 Å². The summed E-state index contributed by atoms with van der Waals surface area (Å²) in [7, 11) is 0. The molecule has 1 N–H and O–H groups in total. The molecule has 8 heteroatoms. The van der Waals surface area contributed by atoms with Crippen molar-refractivity contribution in [2.45, 2.75) is 65.1 Å². The van der Waals surface area contributed by atoms with E-state index in [-0.39, 0.29) is 17.0 Å². The van der Waals surface area contributed by atoms with Crippen LogP contribution in [-0.4, -0.2) is 48.8 Å². The van der Waals surface area contributed by atoms with E-state index in [4.69, 9.17) is 9.47 Å². The summed E-state index contributed by atoms with van der Waals surface area (Å²) in [4.78, 5) is 38.5. The highest BCUT2D eigenvalue weighted by Crippen LogP contribution is 2.37. The van der Waals surface area contributed by atoms with Crippen molar-refractivity contribution in [2.24, 2.45) is 0 Å². The quantitative estimate of drug-likeness (QED) is 0.521. The van der Waals surface area contributed by atoms with Gasteiger partial charge in [0.2, 0.25) is 0 Å². The molecule has 160 valence electrons. The molecule has 1 aliphatic heterocycles. The van der Waals surface area contributed by atoms with Crippen molar-refractivity contribution in [1.29, 1.82) is 0 Å². The van der Waals surface area contributed by atoms with E-state index < -0.39 is 29.7 Å². The van der Waals surface area contributed by atoms with Crippen molar-refractivity contribution >= 4 is 39.6 Å². The molecule has 1 heterocycles. The lowest BCUT2D eigenvalue weighted by Gasteiger charge is -2.36. The molecular formula is C21H30BrN2O5+. The average Bonchev–Trinajstić information content (AvgIpc) is 3.07. The highest BCUT2D eigenvalue weighted by atomic mass is 79.9. The van der Waals surface area contributed by atoms with E-state index in [0.717, 1.165) is 4.47 Å². The average molecular weight is 470 g/mol. The molecule has 0 saturated carbocycles. The first-order valence-electron chi connectivity index (χ1n) is 9.85. The lowest BCUT2D eigenvalue weighted by Crippen LogP contribution is -2.64. The Morgan fingerprint density at radius 2 is 1.86 bits per heavy atom. The number of ether oxygens (including phenoxy) is 2. The normalized spacial score (nSPS) is 22.6. The van der Waals surface area contributed by atoms with E-state index in [1.807, 2.05) is 24.3 Å². The third kappa shape index (κ3) is 5.36. The minimum atomic E-state index is -0.798. The summed E-state index contributed by atoms with van der Waals surface area (Å²) in [6.07, 6.45) is 0.721. The minimum Gasteiger partial charge on any atom is -0.464 e. The van der Waals surface area contributed by atoms with Crippen LogP contribution in [-0.2, 0) is 19.1 Å². The van der Waals surface area contributed by atoms with Crippen LogP contribution in [0.2, 0.25) is 0 Å². The first-order valence-corrected chi connectivity index (χ1v) is 10.6. The third-order valence-electron chi connectivity index (χ3n) is 4.83. The van der Waals surface area contributed by atoms with E-state index in [2.05, 4.69) is 21.2 Å². The molecule has 1 aromatic carbocycles. The number of amides is 2. The van der Waals surface area contributed by atoms with Crippen molar-refractivity contribution in [1.82, 2.24) is 9.80 Å². The Bertz CT molecular complexity index is 759. The maximum Gasteiger partial charge on any atom is 0.522 e. The van der Waals surface area contributed by atoms with Crippen LogP contribution in [0.3, 0.4) is 0 Å². The number of hydrogen-bond acceptors (Lipinski definition) is 5. The summed E-state index contributed by atoms with van der Waals surface area (Å²) in [5, 5.41) is 2.71. The topological polar surface area (TPSA) is 81.7 Å². The number of rotatable bonds is 5. The number of esters is 1. The zero-order valence-corrected chi connectivity index (χ0v) is 19.2. The summed E-state index contributed by atoms with van der Waals surface area (Å²) in [6, 6.07) is 5.85. The number of nitrogens with zero attached hydrogens (tertiary/aromatic N) is 1. The van der Waals surface area contributed by atoms with Crippen LogP contribution in [0, 0.1) is 0 Å². The molecule has 29 heavy (non-hydrogen) atoms. The monoisotopic (exact) mass is 469 g/mol. The second-order valence-corrected chi connectivity index (χ2v) is 9.11. The summed E-state index contributed by atoms with van der Waals surface area (Å²) >= 11 is 3.41. The molecule has 3 unspecified atom stereocenters. The number of quaternary nitrogens is 1. The van der Waals surface area contributed by atoms with E-state index in [9.17, 15) is 14.4 Å². The predicted octanol–water partition coefficient (Wildman–Crippen LogP) is 3.92. The summed E-state index contributed by atoms with van der Waals surface area (Å²) in [5.74, 6) is -0.866. The van der Waals surface area contributed by atoms with Gasteiger partial charge in [0, 0.05) is 29.4 Å². The van der Waals surface area contributed by atoms with Gasteiger partial charge in [-0.1, -0.05) is 15.9 Å². The maximum absolute atomic E-state index is 13.4. The Balaban J connectivity index is 2.40. The lowest BCUT2D eigenvalue weighted by molar-refractivity contribution is -0.147. The summed E-state index contributed by atoms with van der Waals surface area (Å²) < 4.78 is 11.4. The molecule has 1 aliphatic rings. The van der Waals surface area contributed by atoms with Crippen molar-refractivity contribution in [3.8, 4) is 0 Å². The van der Waals surface area contributed by atoms with Gasteiger partial charge in [-0.25, -0.2) is 4.79 Å². The Kier molecular flexibility index (Phi) is 7.45. The molecule has 0 spiro atoms. The van der Waals surface area contributed by atoms with E-state index in [1.54, 1.807) is 34.6 Å². The van der Waals surface area contributed by atoms with Gasteiger partial charge in [-0.3, -0.25) is 4.79 Å². The fourth-order valence-electron chi connectivity index (χ4n) is 3.56. The number of carbonyl (C=O) groups excluding carboxylic acids is 3. The van der Waals surface area contributed by atoms with Gasteiger partial charge in [0.05, 0.1) is 13.2 Å². The number of hydrogen-bond donors (Lipinski definition) is 1. The molecule has 3 atom stereocenters. The van der Waals surface area contributed by atoms with Crippen LogP contribution in [0.25, 0.3) is 0 Å². The van der Waals surface area contributed by atoms with Crippen LogP contribution in [0.1, 0.15) is 47.5 Å². The molecule has 0 radical (unpaired) electrons. The molecular weight excluding hydrogens is 440 g/mol. The first kappa shape index (κ1) is 23.3. The Morgan fingerprint density at radius 1 is 1.24 bits per heavy atom. The highest BCUT2D eigenvalue weighted by molar-refractivity contribution is 9.10. The Morgan fingerprint density at radius 3 is 2.41 bits per heavy atom. The van der Waals surface area contributed by atoms with Gasteiger partial charge in [0.25, 0.3) is 5.91 Å². The molecule has 0 aliphatic carbocycles. The molecule has 7 nitrogen and oxygen atoms in total. The minimum absolute atomic E-state index is 0.230. The first-order chi connectivity index (χ1) is 13.5. The van der Waals surface area contributed by atoms with Crippen LogP contribution < -0.4 is 9.80 Å². The number of carbonyl (C=O) groups is 3. The molecule has 0 aromatic heterocycles. The van der Waals surface area contributed by atoms with Crippen molar-refractivity contribution in [3.63, 3.8) is 0 Å². The zero-order chi connectivity index (χ0) is 21.8. The van der Waals surface area contributed by atoms with Gasteiger partial charge in [0.15, 0.2) is 6.04 Å². The fraction of sp³-hybridized carbons (Fsp3) is 0.571. The summed E-state index contributed by atoms with van der Waals surface area (Å²) in [5.41, 5.74) is -0.0107. The Hall–Kier alpha value is -1.93. The van der Waals surface area contributed by atoms with E-state index in [1.165, 1.54) is 0 Å². The van der Waals surface area contributed by atoms with Gasteiger partial charge < -0.3 is 14.8 Å². The van der Waals surface area contributed by atoms with Gasteiger partial charge >= 0.3 is 12.1 Å². The highest BCUT2D eigenvalue weighted by Gasteiger charge is 2.56. The van der Waals surface area contributed by atoms with Gasteiger partial charge in [0.1, 0.15) is 17.3 Å². The second-order valence-electron chi connectivity index (χ2n) is 8.19.